The highest BCUT2D eigenvalue weighted by Gasteiger charge is 2.35. The lowest BCUT2D eigenvalue weighted by Gasteiger charge is -2.24. The SMILES string of the molecule is CN(C1CCNC1)S(=O)(=O)c1cc(C(F)(F)F)ccc1Cl.Cl. The van der Waals surface area contributed by atoms with E-state index in [0.717, 1.165) is 16.4 Å². The Morgan fingerprint density at radius 2 is 2.00 bits per heavy atom. The van der Waals surface area contributed by atoms with E-state index in [1.807, 2.05) is 0 Å². The molecule has 1 atom stereocenters. The van der Waals surface area contributed by atoms with Crippen molar-refractivity contribution >= 4 is 34.0 Å². The van der Waals surface area contributed by atoms with Gasteiger partial charge in [0.15, 0.2) is 0 Å². The molecule has 1 heterocycles. The summed E-state index contributed by atoms with van der Waals surface area (Å²) in [4.78, 5) is -0.520. The molecule has 0 radical (unpaired) electrons. The van der Waals surface area contributed by atoms with Crippen LogP contribution in [0.1, 0.15) is 12.0 Å². The first-order chi connectivity index (χ1) is 9.64. The van der Waals surface area contributed by atoms with Crippen molar-refractivity contribution in [3.05, 3.63) is 28.8 Å². The lowest BCUT2D eigenvalue weighted by Crippen LogP contribution is -2.38. The summed E-state index contributed by atoms with van der Waals surface area (Å²) >= 11 is 5.79. The van der Waals surface area contributed by atoms with E-state index < -0.39 is 26.7 Å². The van der Waals surface area contributed by atoms with E-state index >= 15 is 0 Å². The zero-order valence-corrected chi connectivity index (χ0v) is 13.9. The minimum Gasteiger partial charge on any atom is -0.315 e. The molecule has 0 spiro atoms. The number of likely N-dealkylation sites (N-methyl/N-ethyl adjacent to an activating group) is 1. The largest absolute Gasteiger partial charge is 0.416 e. The molecule has 10 heteroatoms. The van der Waals surface area contributed by atoms with Gasteiger partial charge in [-0.2, -0.15) is 17.5 Å². The van der Waals surface area contributed by atoms with Crippen molar-refractivity contribution in [1.29, 1.82) is 0 Å². The second-order valence-corrected chi connectivity index (χ2v) is 7.18. The third-order valence-corrected chi connectivity index (χ3v) is 5.86. The molecule has 1 unspecified atom stereocenters. The number of halogens is 5. The Labute approximate surface area is 138 Å². The van der Waals surface area contributed by atoms with Crippen LogP contribution in [0.15, 0.2) is 23.1 Å². The van der Waals surface area contributed by atoms with Crippen molar-refractivity contribution in [2.75, 3.05) is 20.1 Å². The second kappa shape index (κ2) is 6.92. The van der Waals surface area contributed by atoms with Crippen molar-refractivity contribution in [3.63, 3.8) is 0 Å². The maximum atomic E-state index is 12.7. The third kappa shape index (κ3) is 3.86. The summed E-state index contributed by atoms with van der Waals surface area (Å²) in [6.07, 6.45) is -4.02. The lowest BCUT2D eigenvalue weighted by molar-refractivity contribution is -0.137. The van der Waals surface area contributed by atoms with Crippen molar-refractivity contribution in [3.8, 4) is 0 Å². The van der Waals surface area contributed by atoms with Gasteiger partial charge in [-0.25, -0.2) is 8.42 Å². The fourth-order valence-corrected chi connectivity index (χ4v) is 4.06. The first kappa shape index (κ1) is 19.5. The van der Waals surface area contributed by atoms with E-state index in [1.54, 1.807) is 0 Å². The molecule has 0 aromatic heterocycles. The molecule has 1 aromatic carbocycles. The topological polar surface area (TPSA) is 49.4 Å². The van der Waals surface area contributed by atoms with Gasteiger partial charge in [0, 0.05) is 19.6 Å². The van der Waals surface area contributed by atoms with E-state index in [-0.39, 0.29) is 23.5 Å². The highest BCUT2D eigenvalue weighted by atomic mass is 35.5. The predicted molar refractivity (Wildman–Crippen MR) is 79.9 cm³/mol. The first-order valence-corrected chi connectivity index (χ1v) is 8.01. The van der Waals surface area contributed by atoms with E-state index in [1.165, 1.54) is 7.05 Å². The molecule has 0 saturated carbocycles. The summed E-state index contributed by atoms with van der Waals surface area (Å²) in [6.45, 7) is 1.13. The van der Waals surface area contributed by atoms with Crippen LogP contribution in [0.3, 0.4) is 0 Å². The van der Waals surface area contributed by atoms with Gasteiger partial charge in [0.1, 0.15) is 4.90 Å². The number of sulfonamides is 1. The molecule has 1 N–H and O–H groups in total. The van der Waals surface area contributed by atoms with E-state index in [4.69, 9.17) is 11.6 Å². The Morgan fingerprint density at radius 1 is 1.36 bits per heavy atom. The van der Waals surface area contributed by atoms with Crippen LogP contribution in [0, 0.1) is 0 Å². The highest BCUT2D eigenvalue weighted by Crippen LogP contribution is 2.34. The molecule has 1 aliphatic rings. The van der Waals surface area contributed by atoms with Crippen molar-refractivity contribution in [2.45, 2.75) is 23.5 Å². The molecule has 0 bridgehead atoms. The summed E-state index contributed by atoms with van der Waals surface area (Å²) in [5.74, 6) is 0. The fourth-order valence-electron chi connectivity index (χ4n) is 2.18. The van der Waals surface area contributed by atoms with E-state index in [9.17, 15) is 21.6 Å². The summed E-state index contributed by atoms with van der Waals surface area (Å²) in [5, 5.41) is 2.79. The third-order valence-electron chi connectivity index (χ3n) is 3.46. The van der Waals surface area contributed by atoms with Crippen LogP contribution in [0.25, 0.3) is 0 Å². The molecule has 1 saturated heterocycles. The van der Waals surface area contributed by atoms with Crippen LogP contribution < -0.4 is 5.32 Å². The van der Waals surface area contributed by atoms with Crippen molar-refractivity contribution < 1.29 is 21.6 Å². The van der Waals surface area contributed by atoms with Crippen LogP contribution in [0.5, 0.6) is 0 Å². The average molecular weight is 379 g/mol. The zero-order chi connectivity index (χ0) is 15.8. The molecular formula is C12H15Cl2F3N2O2S. The number of alkyl halides is 3. The quantitative estimate of drug-likeness (QED) is 0.879. The number of nitrogens with one attached hydrogen (secondary N) is 1. The molecule has 1 fully saturated rings. The van der Waals surface area contributed by atoms with Crippen molar-refractivity contribution in [2.24, 2.45) is 0 Å². The fraction of sp³-hybridized carbons (Fsp3) is 0.500. The Kier molecular flexibility index (Phi) is 6.14. The second-order valence-electron chi connectivity index (χ2n) is 4.81. The summed E-state index contributed by atoms with van der Waals surface area (Å²) < 4.78 is 64.2. The minimum atomic E-state index is -4.62. The smallest absolute Gasteiger partial charge is 0.315 e. The highest BCUT2D eigenvalue weighted by molar-refractivity contribution is 7.89. The normalized spacial score (nSPS) is 19.3. The monoisotopic (exact) mass is 378 g/mol. The Balaban J connectivity index is 0.00000242. The van der Waals surface area contributed by atoms with Gasteiger partial charge in [0.25, 0.3) is 0 Å². The molecule has 126 valence electrons. The van der Waals surface area contributed by atoms with Gasteiger partial charge in [0.2, 0.25) is 10.0 Å². The molecule has 1 aliphatic heterocycles. The van der Waals surface area contributed by atoms with Gasteiger partial charge in [-0.3, -0.25) is 0 Å². The summed E-state index contributed by atoms with van der Waals surface area (Å²) in [6, 6.07) is 2.01. The Bertz CT molecular complexity index is 632. The summed E-state index contributed by atoms with van der Waals surface area (Å²) in [5.41, 5.74) is -1.04. The van der Waals surface area contributed by atoms with Gasteiger partial charge in [-0.1, -0.05) is 11.6 Å². The molecular weight excluding hydrogens is 364 g/mol. The van der Waals surface area contributed by atoms with Crippen LogP contribution in [0.4, 0.5) is 13.2 Å². The maximum Gasteiger partial charge on any atom is 0.416 e. The van der Waals surface area contributed by atoms with Gasteiger partial charge in [-0.05, 0) is 31.2 Å². The lowest BCUT2D eigenvalue weighted by atomic mass is 10.2. The molecule has 0 aliphatic carbocycles. The number of rotatable bonds is 3. The van der Waals surface area contributed by atoms with Gasteiger partial charge in [0.05, 0.1) is 10.6 Å². The Morgan fingerprint density at radius 3 is 2.50 bits per heavy atom. The van der Waals surface area contributed by atoms with E-state index in [2.05, 4.69) is 5.32 Å². The van der Waals surface area contributed by atoms with Crippen LogP contribution >= 0.6 is 24.0 Å². The predicted octanol–water partition coefficient (Wildman–Crippen LogP) is 2.76. The van der Waals surface area contributed by atoms with Gasteiger partial charge >= 0.3 is 6.18 Å². The zero-order valence-electron chi connectivity index (χ0n) is 11.5. The van der Waals surface area contributed by atoms with Crippen LogP contribution in [-0.4, -0.2) is 38.9 Å². The van der Waals surface area contributed by atoms with Gasteiger partial charge in [-0.15, -0.1) is 12.4 Å². The van der Waals surface area contributed by atoms with E-state index in [0.29, 0.717) is 25.6 Å². The van der Waals surface area contributed by atoms with Crippen LogP contribution in [0.2, 0.25) is 5.02 Å². The average Bonchev–Trinajstić information content (AvgIpc) is 2.90. The summed E-state index contributed by atoms with van der Waals surface area (Å²) in [7, 11) is -2.72. The number of nitrogens with zero attached hydrogens (tertiary/aromatic N) is 1. The number of hydrogen-bond donors (Lipinski definition) is 1. The minimum absolute atomic E-state index is 0. The number of benzene rings is 1. The van der Waals surface area contributed by atoms with Crippen LogP contribution in [-0.2, 0) is 16.2 Å². The first-order valence-electron chi connectivity index (χ1n) is 6.19. The molecule has 4 nitrogen and oxygen atoms in total. The molecule has 1 aromatic rings. The number of hydrogen-bond acceptors (Lipinski definition) is 3. The molecule has 0 amide bonds. The molecule has 22 heavy (non-hydrogen) atoms. The molecule has 2 rings (SSSR count). The van der Waals surface area contributed by atoms with Crippen molar-refractivity contribution in [1.82, 2.24) is 9.62 Å². The standard InChI is InChI=1S/C12H14ClF3N2O2S.ClH/c1-18(9-4-5-17-7-9)21(19,20)11-6-8(12(14,15)16)2-3-10(11)13;/h2-3,6,9,17H,4-5,7H2,1H3;1H. The maximum absolute atomic E-state index is 12.7. The Hall–Kier alpha value is -0.540. The van der Waals surface area contributed by atoms with Gasteiger partial charge < -0.3 is 5.32 Å².